The van der Waals surface area contributed by atoms with Crippen LogP contribution in [0.5, 0.6) is 5.75 Å². The van der Waals surface area contributed by atoms with Gasteiger partial charge in [-0.05, 0) is 47.5 Å². The number of Topliss-reactive ketones (excluding diaryl/α,β-unsaturated/α-hetero) is 2. The molecule has 2 aromatic rings. The van der Waals surface area contributed by atoms with E-state index in [9.17, 15) is 9.59 Å². The van der Waals surface area contributed by atoms with Crippen molar-refractivity contribution in [2.45, 2.75) is 0 Å². The lowest BCUT2D eigenvalue weighted by Gasteiger charge is -2.18. The first-order chi connectivity index (χ1) is 9.11. The summed E-state index contributed by atoms with van der Waals surface area (Å²) < 4.78 is 6.04. The molecule has 1 aliphatic rings. The normalized spacial score (nSPS) is 12.9. The Kier molecular flexibility index (Phi) is 2.75. The van der Waals surface area contributed by atoms with Crippen molar-refractivity contribution in [1.82, 2.24) is 0 Å². The van der Waals surface area contributed by atoms with Crippen LogP contribution in [0.4, 0.5) is 0 Å². The smallest absolute Gasteiger partial charge is 0.234 e. The summed E-state index contributed by atoms with van der Waals surface area (Å²) in [5.41, 5.74) is 2.36. The van der Waals surface area contributed by atoms with Crippen LogP contribution in [0.1, 0.15) is 20.7 Å². The Morgan fingerprint density at radius 3 is 2.05 bits per heavy atom. The molecule has 0 N–H and O–H groups in total. The summed E-state index contributed by atoms with van der Waals surface area (Å²) in [5, 5.41) is 0. The van der Waals surface area contributed by atoms with Crippen molar-refractivity contribution in [2.24, 2.45) is 0 Å². The van der Waals surface area contributed by atoms with E-state index in [0.29, 0.717) is 16.9 Å². The van der Waals surface area contributed by atoms with E-state index in [1.165, 1.54) is 0 Å². The largest absolute Gasteiger partial charge is 0.497 e. The molecule has 19 heavy (non-hydrogen) atoms. The highest BCUT2D eigenvalue weighted by molar-refractivity contribution is 9.10. The highest BCUT2D eigenvalue weighted by atomic mass is 79.9. The predicted molar refractivity (Wildman–Crippen MR) is 74.8 cm³/mol. The quantitative estimate of drug-likeness (QED) is 0.756. The molecular formula is C15H9BrO3. The minimum Gasteiger partial charge on any atom is -0.497 e. The highest BCUT2D eigenvalue weighted by Crippen LogP contribution is 2.37. The van der Waals surface area contributed by atoms with Crippen LogP contribution in [0.15, 0.2) is 40.9 Å². The monoisotopic (exact) mass is 316 g/mol. The second kappa shape index (κ2) is 4.31. The van der Waals surface area contributed by atoms with Gasteiger partial charge in [0, 0.05) is 15.6 Å². The Morgan fingerprint density at radius 1 is 0.842 bits per heavy atom. The maximum Gasteiger partial charge on any atom is 0.234 e. The number of hydrogen-bond acceptors (Lipinski definition) is 3. The zero-order valence-electron chi connectivity index (χ0n) is 10.1. The summed E-state index contributed by atoms with van der Waals surface area (Å²) in [7, 11) is 1.57. The first kappa shape index (κ1) is 12.1. The lowest BCUT2D eigenvalue weighted by atomic mass is 9.84. The first-order valence-electron chi connectivity index (χ1n) is 5.69. The van der Waals surface area contributed by atoms with Gasteiger partial charge in [0.15, 0.2) is 0 Å². The molecule has 1 aliphatic carbocycles. The van der Waals surface area contributed by atoms with Crippen LogP contribution in [0.3, 0.4) is 0 Å². The van der Waals surface area contributed by atoms with Gasteiger partial charge >= 0.3 is 0 Å². The van der Waals surface area contributed by atoms with Gasteiger partial charge < -0.3 is 4.74 Å². The zero-order valence-corrected chi connectivity index (χ0v) is 11.7. The second-order valence-electron chi connectivity index (χ2n) is 4.26. The summed E-state index contributed by atoms with van der Waals surface area (Å²) in [6, 6.07) is 10.4. The molecule has 0 spiro atoms. The SMILES string of the molecule is COc1ccc2c(c1)-c1cc(Br)ccc1C(=O)C2=O. The molecule has 0 radical (unpaired) electrons. The standard InChI is InChI=1S/C15H9BrO3/c1-19-9-3-5-11-13(7-9)12-6-8(16)2-4-10(12)14(17)15(11)18/h2-7H,1H3. The number of ether oxygens (including phenoxy) is 1. The van der Waals surface area contributed by atoms with Crippen LogP contribution in [0.2, 0.25) is 0 Å². The van der Waals surface area contributed by atoms with Crippen molar-refractivity contribution in [1.29, 1.82) is 0 Å². The summed E-state index contributed by atoms with van der Waals surface area (Å²) in [6.07, 6.45) is 0. The molecule has 0 fully saturated rings. The molecule has 0 atom stereocenters. The fourth-order valence-corrected chi connectivity index (χ4v) is 2.61. The number of fused-ring (bicyclic) bond motifs is 3. The van der Waals surface area contributed by atoms with Gasteiger partial charge in [-0.15, -0.1) is 0 Å². The number of halogens is 1. The van der Waals surface area contributed by atoms with Crippen molar-refractivity contribution in [3.8, 4) is 16.9 Å². The maximum atomic E-state index is 12.1. The average Bonchev–Trinajstić information content (AvgIpc) is 2.44. The van der Waals surface area contributed by atoms with E-state index in [1.807, 2.05) is 6.07 Å². The molecule has 0 saturated carbocycles. The third kappa shape index (κ3) is 1.79. The van der Waals surface area contributed by atoms with E-state index in [2.05, 4.69) is 15.9 Å². The topological polar surface area (TPSA) is 43.4 Å². The third-order valence-corrected chi connectivity index (χ3v) is 3.69. The predicted octanol–water partition coefficient (Wildman–Crippen LogP) is 3.50. The van der Waals surface area contributed by atoms with E-state index >= 15 is 0 Å². The number of carbonyl (C=O) groups excluding carboxylic acids is 2. The van der Waals surface area contributed by atoms with Crippen LogP contribution < -0.4 is 4.74 Å². The minimum atomic E-state index is -0.465. The lowest BCUT2D eigenvalue weighted by molar-refractivity contribution is 0.0815. The van der Waals surface area contributed by atoms with E-state index in [0.717, 1.165) is 15.6 Å². The van der Waals surface area contributed by atoms with Crippen molar-refractivity contribution in [3.63, 3.8) is 0 Å². The maximum absolute atomic E-state index is 12.1. The van der Waals surface area contributed by atoms with Gasteiger partial charge in [0.1, 0.15) is 5.75 Å². The van der Waals surface area contributed by atoms with Gasteiger partial charge in [0.05, 0.1) is 7.11 Å². The Labute approximate surface area is 118 Å². The summed E-state index contributed by atoms with van der Waals surface area (Å²) in [5.74, 6) is -0.264. The Balaban J connectivity index is 2.35. The Bertz CT molecular complexity index is 719. The van der Waals surface area contributed by atoms with Crippen LogP contribution in [-0.4, -0.2) is 18.7 Å². The van der Waals surface area contributed by atoms with Crippen molar-refractivity contribution in [3.05, 3.63) is 52.0 Å². The van der Waals surface area contributed by atoms with E-state index in [-0.39, 0.29) is 0 Å². The van der Waals surface area contributed by atoms with Crippen LogP contribution in [0, 0.1) is 0 Å². The van der Waals surface area contributed by atoms with E-state index in [1.54, 1.807) is 37.4 Å². The molecule has 0 amide bonds. The lowest BCUT2D eigenvalue weighted by Crippen LogP contribution is -2.21. The molecule has 3 rings (SSSR count). The third-order valence-electron chi connectivity index (χ3n) is 3.19. The van der Waals surface area contributed by atoms with Crippen LogP contribution in [-0.2, 0) is 0 Å². The number of ketones is 2. The molecule has 0 saturated heterocycles. The molecule has 0 aliphatic heterocycles. The first-order valence-corrected chi connectivity index (χ1v) is 6.48. The van der Waals surface area contributed by atoms with E-state index in [4.69, 9.17) is 4.74 Å². The molecule has 2 aromatic carbocycles. The number of benzene rings is 2. The molecule has 0 bridgehead atoms. The zero-order chi connectivity index (χ0) is 13.6. The van der Waals surface area contributed by atoms with Crippen molar-refractivity contribution in [2.75, 3.05) is 7.11 Å². The number of rotatable bonds is 1. The minimum absolute atomic E-state index is 0.427. The second-order valence-corrected chi connectivity index (χ2v) is 5.18. The molecule has 3 nitrogen and oxygen atoms in total. The summed E-state index contributed by atoms with van der Waals surface area (Å²) in [6.45, 7) is 0. The van der Waals surface area contributed by atoms with Gasteiger partial charge in [-0.25, -0.2) is 0 Å². The number of hydrogen-bond donors (Lipinski definition) is 0. The molecule has 0 aromatic heterocycles. The molecule has 4 heteroatoms. The number of methoxy groups -OCH3 is 1. The average molecular weight is 317 g/mol. The molecule has 0 heterocycles. The molecular weight excluding hydrogens is 308 g/mol. The molecule has 0 unspecified atom stereocenters. The Hall–Kier alpha value is -1.94. The van der Waals surface area contributed by atoms with Gasteiger partial charge in [-0.3, -0.25) is 9.59 Å². The fourth-order valence-electron chi connectivity index (χ4n) is 2.25. The van der Waals surface area contributed by atoms with Crippen LogP contribution >= 0.6 is 15.9 Å². The van der Waals surface area contributed by atoms with Crippen molar-refractivity contribution >= 4 is 27.5 Å². The number of carbonyl (C=O) groups is 2. The van der Waals surface area contributed by atoms with Gasteiger partial charge in [0.25, 0.3) is 0 Å². The van der Waals surface area contributed by atoms with Gasteiger partial charge in [0.2, 0.25) is 11.6 Å². The fraction of sp³-hybridized carbons (Fsp3) is 0.0667. The van der Waals surface area contributed by atoms with Gasteiger partial charge in [-0.2, -0.15) is 0 Å². The summed E-state index contributed by atoms with van der Waals surface area (Å²) >= 11 is 3.39. The molecule has 94 valence electrons. The van der Waals surface area contributed by atoms with Gasteiger partial charge in [-0.1, -0.05) is 15.9 Å². The summed E-state index contributed by atoms with van der Waals surface area (Å²) in [4.78, 5) is 24.1. The van der Waals surface area contributed by atoms with E-state index < -0.39 is 11.6 Å². The van der Waals surface area contributed by atoms with Crippen molar-refractivity contribution < 1.29 is 14.3 Å². The highest BCUT2D eigenvalue weighted by Gasteiger charge is 2.30. The Morgan fingerprint density at radius 2 is 1.42 bits per heavy atom. The van der Waals surface area contributed by atoms with Crippen LogP contribution in [0.25, 0.3) is 11.1 Å².